The van der Waals surface area contributed by atoms with E-state index >= 15 is 0 Å². The molecule has 1 saturated heterocycles. The van der Waals surface area contributed by atoms with Crippen LogP contribution in [0.1, 0.15) is 95.3 Å². The van der Waals surface area contributed by atoms with Gasteiger partial charge in [0.05, 0.1) is 33.4 Å². The van der Waals surface area contributed by atoms with E-state index in [2.05, 4.69) is 78.3 Å². The number of ether oxygens (including phenoxy) is 3. The van der Waals surface area contributed by atoms with Gasteiger partial charge in [0.2, 0.25) is 0 Å². The maximum absolute atomic E-state index is 6.16. The Labute approximate surface area is 223 Å². The first-order valence-electron chi connectivity index (χ1n) is 13.7. The third-order valence-corrected chi connectivity index (χ3v) is 10.0. The van der Waals surface area contributed by atoms with E-state index in [4.69, 9.17) is 14.2 Å². The van der Waals surface area contributed by atoms with E-state index in [1.54, 1.807) is 14.2 Å². The first-order valence-corrected chi connectivity index (χ1v) is 13.7. The van der Waals surface area contributed by atoms with Crippen molar-refractivity contribution in [2.45, 2.75) is 91.9 Å². The molecule has 2 aromatic rings. The van der Waals surface area contributed by atoms with Gasteiger partial charge in [-0.25, -0.2) is 0 Å². The molecule has 37 heavy (non-hydrogen) atoms. The highest BCUT2D eigenvalue weighted by Gasteiger charge is 2.53. The highest BCUT2D eigenvalue weighted by Crippen LogP contribution is 2.60. The Hall–Kier alpha value is -2.66. The lowest BCUT2D eigenvalue weighted by Gasteiger charge is -2.60. The molecule has 5 atom stereocenters. The van der Waals surface area contributed by atoms with Gasteiger partial charge in [0.15, 0.2) is 11.5 Å². The van der Waals surface area contributed by atoms with Crippen LogP contribution in [-0.4, -0.2) is 50.3 Å². The number of hydrogen-bond acceptors (Lipinski definition) is 5. The van der Waals surface area contributed by atoms with Crippen molar-refractivity contribution in [2.24, 2.45) is 0 Å². The van der Waals surface area contributed by atoms with Crippen LogP contribution in [0.4, 0.5) is 0 Å². The molecule has 2 aromatic carbocycles. The average molecular weight is 505 g/mol. The molecule has 5 heteroatoms. The van der Waals surface area contributed by atoms with Crippen molar-refractivity contribution >= 4 is 6.08 Å². The van der Waals surface area contributed by atoms with Crippen LogP contribution in [0.3, 0.4) is 0 Å². The minimum absolute atomic E-state index is 0.0735. The number of likely N-dealkylation sites (N-methyl/N-ethyl adjacent to an activating group) is 1. The first-order chi connectivity index (χ1) is 17.6. The van der Waals surface area contributed by atoms with E-state index in [9.17, 15) is 0 Å². The predicted octanol–water partition coefficient (Wildman–Crippen LogP) is 6.92. The molecule has 3 aliphatic rings. The van der Waals surface area contributed by atoms with E-state index in [-0.39, 0.29) is 6.04 Å². The number of rotatable bonds is 4. The Bertz CT molecular complexity index is 1310. The van der Waals surface area contributed by atoms with Crippen LogP contribution in [0.15, 0.2) is 5.70 Å². The maximum Gasteiger partial charge on any atom is 0.166 e. The van der Waals surface area contributed by atoms with Crippen molar-refractivity contribution in [3.05, 3.63) is 55.8 Å². The van der Waals surface area contributed by atoms with Crippen molar-refractivity contribution in [1.29, 1.82) is 0 Å². The van der Waals surface area contributed by atoms with Gasteiger partial charge in [0.1, 0.15) is 5.75 Å². The summed E-state index contributed by atoms with van der Waals surface area (Å²) in [4.78, 5) is 5.33. The van der Waals surface area contributed by atoms with Gasteiger partial charge in [-0.3, -0.25) is 4.90 Å². The molecule has 3 heterocycles. The molecule has 0 N–H and O–H groups in total. The van der Waals surface area contributed by atoms with Crippen LogP contribution in [0.2, 0.25) is 0 Å². The lowest BCUT2D eigenvalue weighted by atomic mass is 9.69. The molecular weight excluding hydrogens is 460 g/mol. The molecule has 5 rings (SSSR count). The molecule has 2 unspecified atom stereocenters. The molecule has 200 valence electrons. The summed E-state index contributed by atoms with van der Waals surface area (Å²) in [6.07, 6.45) is 3.47. The van der Waals surface area contributed by atoms with Crippen LogP contribution in [0.25, 0.3) is 6.08 Å². The molecule has 0 aromatic heterocycles. The normalized spacial score (nSPS) is 26.2. The summed E-state index contributed by atoms with van der Waals surface area (Å²) in [5.41, 5.74) is 13.2. The Morgan fingerprint density at radius 3 is 1.86 bits per heavy atom. The van der Waals surface area contributed by atoms with Crippen LogP contribution in [0.5, 0.6) is 17.2 Å². The van der Waals surface area contributed by atoms with Crippen LogP contribution >= 0.6 is 0 Å². The molecule has 0 radical (unpaired) electrons. The molecule has 3 aliphatic heterocycles. The first kappa shape index (κ1) is 26.0. The van der Waals surface area contributed by atoms with Gasteiger partial charge in [-0.15, -0.1) is 0 Å². The van der Waals surface area contributed by atoms with Crippen LogP contribution < -0.4 is 14.2 Å². The number of benzene rings is 2. The zero-order valence-electron chi connectivity index (χ0n) is 24.8. The molecule has 0 amide bonds. The fourth-order valence-corrected chi connectivity index (χ4v) is 8.17. The van der Waals surface area contributed by atoms with Gasteiger partial charge in [0.25, 0.3) is 0 Å². The van der Waals surface area contributed by atoms with Crippen molar-refractivity contribution in [3.63, 3.8) is 0 Å². The van der Waals surface area contributed by atoms with Gasteiger partial charge >= 0.3 is 0 Å². The fourth-order valence-electron chi connectivity index (χ4n) is 8.17. The monoisotopic (exact) mass is 504 g/mol. The van der Waals surface area contributed by atoms with Crippen molar-refractivity contribution < 1.29 is 14.2 Å². The Kier molecular flexibility index (Phi) is 6.30. The van der Waals surface area contributed by atoms with E-state index < -0.39 is 0 Å². The minimum atomic E-state index is 0.0735. The van der Waals surface area contributed by atoms with Crippen molar-refractivity contribution in [2.75, 3.05) is 28.4 Å². The van der Waals surface area contributed by atoms with E-state index in [0.29, 0.717) is 24.0 Å². The van der Waals surface area contributed by atoms with Crippen LogP contribution in [0, 0.1) is 34.6 Å². The smallest absolute Gasteiger partial charge is 0.166 e. The standard InChI is InChI=1S/C32H44N2O3/c1-13-23-26-16(3)15(2)18(5)30(35-10)22(26)14-24-29-27-25(17(4)19(6)31(36-11)32(27)37-12)20(7)28(33(29)9)21(8)34(23)24/h14,20-21,23,28-29H,13H2,1-12H3/t20?,21?,23-,28-,29-/m0/s1. The van der Waals surface area contributed by atoms with Gasteiger partial charge < -0.3 is 19.1 Å². The Morgan fingerprint density at radius 2 is 1.30 bits per heavy atom. The van der Waals surface area contributed by atoms with Crippen molar-refractivity contribution in [3.8, 4) is 17.2 Å². The number of hydrogen-bond donors (Lipinski definition) is 0. The second kappa shape index (κ2) is 8.97. The fraction of sp³-hybridized carbons (Fsp3) is 0.562. The van der Waals surface area contributed by atoms with E-state index in [1.165, 1.54) is 55.8 Å². The lowest BCUT2D eigenvalue weighted by Crippen LogP contribution is -2.62. The summed E-state index contributed by atoms with van der Waals surface area (Å²) >= 11 is 0. The molecule has 0 spiro atoms. The van der Waals surface area contributed by atoms with Gasteiger partial charge in [-0.05, 0) is 106 Å². The maximum atomic E-state index is 6.16. The molecule has 0 saturated carbocycles. The predicted molar refractivity (Wildman–Crippen MR) is 151 cm³/mol. The van der Waals surface area contributed by atoms with Gasteiger partial charge in [-0.2, -0.15) is 0 Å². The molecule has 1 fully saturated rings. The molecule has 0 aliphatic carbocycles. The number of piperazine rings is 1. The van der Waals surface area contributed by atoms with E-state index in [1.807, 2.05) is 7.11 Å². The second-order valence-electron chi connectivity index (χ2n) is 11.4. The summed E-state index contributed by atoms with van der Waals surface area (Å²) in [5.74, 6) is 3.10. The lowest BCUT2D eigenvalue weighted by molar-refractivity contribution is -0.00779. The number of fused-ring (bicyclic) bond motifs is 7. The molecule has 2 bridgehead atoms. The van der Waals surface area contributed by atoms with Crippen LogP contribution in [-0.2, 0) is 0 Å². The zero-order chi connectivity index (χ0) is 27.1. The van der Waals surface area contributed by atoms with Gasteiger partial charge in [0, 0.05) is 28.9 Å². The number of nitrogens with zero attached hydrogens (tertiary/aromatic N) is 2. The summed E-state index contributed by atoms with van der Waals surface area (Å²) in [6, 6.07) is 1.11. The van der Waals surface area contributed by atoms with E-state index in [0.717, 1.165) is 23.7 Å². The quantitative estimate of drug-likeness (QED) is 0.451. The third kappa shape index (κ3) is 3.19. The Morgan fingerprint density at radius 1 is 0.730 bits per heavy atom. The topological polar surface area (TPSA) is 34.2 Å². The summed E-state index contributed by atoms with van der Waals surface area (Å²) in [5, 5.41) is 0. The summed E-state index contributed by atoms with van der Waals surface area (Å²) in [7, 11) is 7.65. The van der Waals surface area contributed by atoms with Crippen molar-refractivity contribution in [1.82, 2.24) is 9.80 Å². The van der Waals surface area contributed by atoms with Gasteiger partial charge in [-0.1, -0.05) is 13.8 Å². The number of methoxy groups -OCH3 is 3. The minimum Gasteiger partial charge on any atom is -0.496 e. The zero-order valence-corrected chi connectivity index (χ0v) is 24.8. The summed E-state index contributed by atoms with van der Waals surface area (Å²) in [6.45, 7) is 18.3. The summed E-state index contributed by atoms with van der Waals surface area (Å²) < 4.78 is 18.2. The highest BCUT2D eigenvalue weighted by molar-refractivity contribution is 5.74. The average Bonchev–Trinajstić information content (AvgIpc) is 2.87. The Balaban J connectivity index is 1.91. The SMILES string of the molecule is CC[C@H]1c2c(C)c(C)c(C)c(OC)c2C=C2[C@H]3c4c(OC)c(OC)c(C)c(C)c4C(C)[C@@H](C(C)N21)N3C. The molecular formula is C32H44N2O3. The molecule has 5 nitrogen and oxygen atoms in total. The second-order valence-corrected chi connectivity index (χ2v) is 11.4. The third-order valence-electron chi connectivity index (χ3n) is 10.0. The highest BCUT2D eigenvalue weighted by atomic mass is 16.5. The largest absolute Gasteiger partial charge is 0.496 e.